The number of carbonyl (C=O) groups is 6. The Morgan fingerprint density at radius 2 is 0.588 bits per heavy atom. The van der Waals surface area contributed by atoms with Crippen LogP contribution < -0.4 is 15.3 Å². The largest absolute Gasteiger partial charge is 3.00 e. The van der Waals surface area contributed by atoms with E-state index in [1.165, 1.54) is 0 Å². The molecule has 0 rings (SSSR count). The van der Waals surface area contributed by atoms with E-state index in [2.05, 4.69) is 0 Å². The van der Waals surface area contributed by atoms with Gasteiger partial charge >= 0.3 is 35.6 Å². The van der Waals surface area contributed by atoms with Crippen LogP contribution in [0.1, 0.15) is 101 Å². The standard InChI is InChI=1S/3C8H14O3.La/c3*1-8(2,3)5-6(9)4-7(10)11;/h3*4-5H2,1-3H3,(H,10,11);/q;;;+3/p-3. The van der Waals surface area contributed by atoms with E-state index in [9.17, 15) is 44.1 Å². The Kier molecular flexibility index (Phi) is 21.0. The van der Waals surface area contributed by atoms with E-state index in [-0.39, 0.29) is 69.2 Å². The molecule has 0 N–H and O–H groups in total. The van der Waals surface area contributed by atoms with Crippen LogP contribution in [0.4, 0.5) is 0 Å². The summed E-state index contributed by atoms with van der Waals surface area (Å²) in [6, 6.07) is 0. The minimum atomic E-state index is -1.29. The molecule has 0 aromatic heterocycles. The third kappa shape index (κ3) is 40.9. The molecule has 9 nitrogen and oxygen atoms in total. The fourth-order valence-corrected chi connectivity index (χ4v) is 2.44. The Labute approximate surface area is 231 Å². The van der Waals surface area contributed by atoms with Crippen molar-refractivity contribution in [3.63, 3.8) is 0 Å². The van der Waals surface area contributed by atoms with Crippen molar-refractivity contribution in [2.45, 2.75) is 101 Å². The minimum Gasteiger partial charge on any atom is -0.550 e. The summed E-state index contributed by atoms with van der Waals surface area (Å²) in [7, 11) is 0. The molecular formula is C24H39LaO9. The number of hydrogen-bond donors (Lipinski definition) is 0. The van der Waals surface area contributed by atoms with Gasteiger partial charge in [-0.2, -0.15) is 0 Å². The van der Waals surface area contributed by atoms with Crippen LogP contribution in [0, 0.1) is 51.8 Å². The topological polar surface area (TPSA) is 172 Å². The van der Waals surface area contributed by atoms with Crippen LogP contribution in [0.3, 0.4) is 0 Å². The fourth-order valence-electron chi connectivity index (χ4n) is 2.44. The van der Waals surface area contributed by atoms with Crippen LogP contribution in [0.25, 0.3) is 0 Å². The summed E-state index contributed by atoms with van der Waals surface area (Å²) in [6.07, 6.45) is -0.505. The molecule has 0 fully saturated rings. The van der Waals surface area contributed by atoms with Gasteiger partial charge in [0, 0.05) is 56.4 Å². The summed E-state index contributed by atoms with van der Waals surface area (Å²) in [6.45, 7) is 17.0. The van der Waals surface area contributed by atoms with Crippen LogP contribution in [-0.2, 0) is 28.8 Å². The summed E-state index contributed by atoms with van der Waals surface area (Å²) in [4.78, 5) is 62.4. The summed E-state index contributed by atoms with van der Waals surface area (Å²) >= 11 is 0. The predicted molar refractivity (Wildman–Crippen MR) is 116 cm³/mol. The summed E-state index contributed by atoms with van der Waals surface area (Å²) < 4.78 is 0. The zero-order valence-corrected chi connectivity index (χ0v) is 25.6. The van der Waals surface area contributed by atoms with Gasteiger partial charge in [0.05, 0.1) is 0 Å². The Hall–Kier alpha value is -1.39. The minimum absolute atomic E-state index is 0. The van der Waals surface area contributed by atoms with Crippen molar-refractivity contribution in [2.75, 3.05) is 0 Å². The van der Waals surface area contributed by atoms with Gasteiger partial charge in [-0.25, -0.2) is 0 Å². The average molecular weight is 610 g/mol. The summed E-state index contributed by atoms with van der Waals surface area (Å²) in [5.41, 5.74) is -0.397. The zero-order chi connectivity index (χ0) is 27.2. The van der Waals surface area contributed by atoms with Crippen LogP contribution in [0.5, 0.6) is 0 Å². The predicted octanol–water partition coefficient (Wildman–Crippen LogP) is 0.395. The smallest absolute Gasteiger partial charge is 0.550 e. The van der Waals surface area contributed by atoms with Gasteiger partial charge < -0.3 is 29.7 Å². The molecule has 0 heterocycles. The Morgan fingerprint density at radius 1 is 0.441 bits per heavy atom. The molecule has 0 saturated heterocycles. The molecule has 0 aliphatic rings. The van der Waals surface area contributed by atoms with Crippen molar-refractivity contribution in [3.05, 3.63) is 0 Å². The molecule has 0 aromatic rings. The monoisotopic (exact) mass is 610 g/mol. The van der Waals surface area contributed by atoms with Gasteiger partial charge in [-0.15, -0.1) is 0 Å². The maximum absolute atomic E-state index is 10.8. The Morgan fingerprint density at radius 3 is 0.676 bits per heavy atom. The molecule has 0 amide bonds. The SMILES string of the molecule is CC(C)(C)CC(=O)CC(=O)[O-].CC(C)(C)CC(=O)CC(=O)[O-].CC(C)(C)CC(=O)CC(=O)[O-].[La+3]. The zero-order valence-electron chi connectivity index (χ0n) is 22.0. The van der Waals surface area contributed by atoms with Gasteiger partial charge in [-0.3, -0.25) is 14.4 Å². The van der Waals surface area contributed by atoms with Gasteiger partial charge in [0.2, 0.25) is 0 Å². The number of carboxylic acid groups (broad SMARTS) is 3. The van der Waals surface area contributed by atoms with Gasteiger partial charge in [0.15, 0.2) is 0 Å². The van der Waals surface area contributed by atoms with E-state index in [1.807, 2.05) is 62.3 Å². The molecule has 10 heteroatoms. The molecule has 0 spiro atoms. The molecule has 0 bridgehead atoms. The first-order valence-electron chi connectivity index (χ1n) is 10.6. The second-order valence-corrected chi connectivity index (χ2v) is 11.5. The van der Waals surface area contributed by atoms with Crippen molar-refractivity contribution in [1.82, 2.24) is 0 Å². The molecule has 0 unspecified atom stereocenters. The third-order valence-corrected chi connectivity index (χ3v) is 3.21. The van der Waals surface area contributed by atoms with Crippen molar-refractivity contribution in [2.24, 2.45) is 16.2 Å². The van der Waals surface area contributed by atoms with Crippen molar-refractivity contribution < 1.29 is 79.7 Å². The van der Waals surface area contributed by atoms with Crippen LogP contribution in [0.15, 0.2) is 0 Å². The first-order chi connectivity index (χ1) is 14.4. The number of hydrogen-bond acceptors (Lipinski definition) is 9. The number of carboxylic acids is 3. The summed E-state index contributed by atoms with van der Waals surface area (Å²) in [5.74, 6) is -4.68. The van der Waals surface area contributed by atoms with Crippen LogP contribution in [-0.4, -0.2) is 35.3 Å². The number of aliphatic carboxylic acids is 3. The van der Waals surface area contributed by atoms with Gasteiger partial charge in [-0.1, -0.05) is 62.3 Å². The van der Waals surface area contributed by atoms with Crippen LogP contribution >= 0.6 is 0 Å². The molecule has 0 aliphatic heterocycles. The Bertz CT molecular complexity index is 596. The van der Waals surface area contributed by atoms with Crippen molar-refractivity contribution in [1.29, 1.82) is 0 Å². The van der Waals surface area contributed by atoms with E-state index in [4.69, 9.17) is 0 Å². The maximum Gasteiger partial charge on any atom is 3.00 e. The average Bonchev–Trinajstić information content (AvgIpc) is 2.38. The molecular weight excluding hydrogens is 571 g/mol. The second-order valence-electron chi connectivity index (χ2n) is 11.5. The molecule has 0 radical (unpaired) electrons. The molecule has 0 atom stereocenters. The number of Topliss-reactive ketones (excluding diaryl/α,β-unsaturated/α-hetero) is 3. The Balaban J connectivity index is -0.000000196. The number of rotatable bonds is 9. The number of ketones is 3. The van der Waals surface area contributed by atoms with E-state index in [0.29, 0.717) is 19.3 Å². The number of carbonyl (C=O) groups excluding carboxylic acids is 6. The summed E-state index contributed by atoms with van der Waals surface area (Å²) in [5, 5.41) is 29.9. The van der Waals surface area contributed by atoms with E-state index in [1.54, 1.807) is 0 Å². The normalized spacial score (nSPS) is 10.9. The van der Waals surface area contributed by atoms with Gasteiger partial charge in [0.1, 0.15) is 17.3 Å². The van der Waals surface area contributed by atoms with E-state index < -0.39 is 37.2 Å². The van der Waals surface area contributed by atoms with Gasteiger partial charge in [0.25, 0.3) is 0 Å². The van der Waals surface area contributed by atoms with Crippen LogP contribution in [0.2, 0.25) is 0 Å². The molecule has 0 saturated carbocycles. The molecule has 0 aliphatic carbocycles. The first-order valence-corrected chi connectivity index (χ1v) is 10.6. The second kappa shape index (κ2) is 18.0. The van der Waals surface area contributed by atoms with Gasteiger partial charge in [-0.05, 0) is 16.2 Å². The van der Waals surface area contributed by atoms with Crippen molar-refractivity contribution in [3.8, 4) is 0 Å². The molecule has 192 valence electrons. The molecule has 0 aromatic carbocycles. The van der Waals surface area contributed by atoms with E-state index >= 15 is 0 Å². The van der Waals surface area contributed by atoms with Crippen molar-refractivity contribution >= 4 is 35.3 Å². The molecule has 34 heavy (non-hydrogen) atoms. The first kappa shape index (κ1) is 39.8. The fraction of sp³-hybridized carbons (Fsp3) is 0.750. The van der Waals surface area contributed by atoms with E-state index in [0.717, 1.165) is 0 Å². The quantitative estimate of drug-likeness (QED) is 0.335. The third-order valence-electron chi connectivity index (χ3n) is 3.21. The maximum atomic E-state index is 10.8.